The summed E-state index contributed by atoms with van der Waals surface area (Å²) in [6, 6.07) is 5.48. The molecule has 5 heteroatoms. The lowest BCUT2D eigenvalue weighted by Gasteiger charge is -2.39. The van der Waals surface area contributed by atoms with E-state index in [9.17, 15) is 4.79 Å². The number of hydrogen-bond acceptors (Lipinski definition) is 4. The van der Waals surface area contributed by atoms with Crippen LogP contribution >= 0.6 is 0 Å². The van der Waals surface area contributed by atoms with E-state index in [1.807, 2.05) is 0 Å². The van der Waals surface area contributed by atoms with E-state index in [1.165, 1.54) is 12.8 Å². The van der Waals surface area contributed by atoms with Gasteiger partial charge in [0.05, 0.1) is 14.2 Å². The summed E-state index contributed by atoms with van der Waals surface area (Å²) >= 11 is 0. The minimum atomic E-state index is -0.111. The molecule has 0 saturated carbocycles. The number of amides is 1. The molecule has 1 aliphatic heterocycles. The molecule has 5 nitrogen and oxygen atoms in total. The van der Waals surface area contributed by atoms with E-state index >= 15 is 0 Å². The van der Waals surface area contributed by atoms with Crippen LogP contribution in [-0.2, 0) is 0 Å². The quantitative estimate of drug-likeness (QED) is 0.875. The number of hydrogen-bond donors (Lipinski definition) is 2. The van der Waals surface area contributed by atoms with E-state index < -0.39 is 0 Å². The van der Waals surface area contributed by atoms with Crippen molar-refractivity contribution in [2.75, 3.05) is 27.3 Å². The molecule has 1 aliphatic rings. The predicted octanol–water partition coefficient (Wildman–Crippen LogP) is 2.21. The summed E-state index contributed by atoms with van der Waals surface area (Å²) in [4.78, 5) is 12.4. The van der Waals surface area contributed by atoms with Gasteiger partial charge < -0.3 is 20.1 Å². The van der Waals surface area contributed by atoms with Crippen LogP contribution in [0.1, 0.15) is 37.0 Å². The minimum absolute atomic E-state index is 0.111. The fourth-order valence-corrected chi connectivity index (χ4v) is 2.85. The molecule has 1 atom stereocenters. The number of rotatable bonds is 5. The molecule has 0 spiro atoms. The lowest BCUT2D eigenvalue weighted by atomic mass is 9.77. The van der Waals surface area contributed by atoms with Crippen LogP contribution in [0.3, 0.4) is 0 Å². The topological polar surface area (TPSA) is 59.6 Å². The van der Waals surface area contributed by atoms with Crippen LogP contribution in [0.15, 0.2) is 18.2 Å². The van der Waals surface area contributed by atoms with Gasteiger partial charge in [0.15, 0.2) is 0 Å². The molecular weight excluding hydrogens is 280 g/mol. The Hall–Kier alpha value is -1.75. The van der Waals surface area contributed by atoms with Crippen LogP contribution in [0.4, 0.5) is 0 Å². The van der Waals surface area contributed by atoms with Gasteiger partial charge in [0.2, 0.25) is 0 Å². The Balaban J connectivity index is 2.03. The van der Waals surface area contributed by atoms with Gasteiger partial charge in [0.25, 0.3) is 5.91 Å². The third kappa shape index (κ3) is 3.91. The van der Waals surface area contributed by atoms with Crippen molar-refractivity contribution in [1.29, 1.82) is 0 Å². The Kier molecular flexibility index (Phi) is 5.29. The van der Waals surface area contributed by atoms with Gasteiger partial charge in [-0.25, -0.2) is 0 Å². The molecule has 1 aromatic carbocycles. The highest BCUT2D eigenvalue weighted by molar-refractivity contribution is 5.95. The fourth-order valence-electron chi connectivity index (χ4n) is 2.85. The van der Waals surface area contributed by atoms with Gasteiger partial charge in [-0.2, -0.15) is 0 Å². The zero-order chi connectivity index (χ0) is 16.2. The van der Waals surface area contributed by atoms with Crippen LogP contribution in [0.2, 0.25) is 0 Å². The first-order chi connectivity index (χ1) is 10.5. The highest BCUT2D eigenvalue weighted by atomic mass is 16.5. The monoisotopic (exact) mass is 306 g/mol. The number of piperidine rings is 1. The van der Waals surface area contributed by atoms with Crippen LogP contribution in [0, 0.1) is 5.41 Å². The number of carbonyl (C=O) groups is 1. The first-order valence-corrected chi connectivity index (χ1v) is 7.71. The van der Waals surface area contributed by atoms with Crippen LogP contribution in [0.5, 0.6) is 11.5 Å². The summed E-state index contributed by atoms with van der Waals surface area (Å²) in [5, 5.41) is 6.51. The van der Waals surface area contributed by atoms with Gasteiger partial charge in [-0.15, -0.1) is 0 Å². The molecule has 0 radical (unpaired) electrons. The molecule has 22 heavy (non-hydrogen) atoms. The van der Waals surface area contributed by atoms with Gasteiger partial charge in [-0.3, -0.25) is 4.79 Å². The summed E-state index contributed by atoms with van der Waals surface area (Å²) in [6.45, 7) is 6.11. The second-order valence-corrected chi connectivity index (χ2v) is 6.41. The highest BCUT2D eigenvalue weighted by Crippen LogP contribution is 2.29. The molecule has 1 saturated heterocycles. The molecule has 1 aromatic rings. The molecule has 1 amide bonds. The zero-order valence-corrected chi connectivity index (χ0v) is 13.9. The second-order valence-electron chi connectivity index (χ2n) is 6.41. The van der Waals surface area contributed by atoms with Gasteiger partial charge in [-0.1, -0.05) is 13.8 Å². The van der Waals surface area contributed by atoms with E-state index in [0.29, 0.717) is 23.6 Å². The summed E-state index contributed by atoms with van der Waals surface area (Å²) < 4.78 is 10.4. The Labute approximate surface area is 132 Å². The molecule has 0 bridgehead atoms. The summed E-state index contributed by atoms with van der Waals surface area (Å²) in [6.07, 6.45) is 2.36. The Bertz CT molecular complexity index is 506. The van der Waals surface area contributed by atoms with Gasteiger partial charge in [-0.05, 0) is 36.9 Å². The molecule has 0 aliphatic carbocycles. The number of methoxy groups -OCH3 is 2. The van der Waals surface area contributed by atoms with E-state index in [1.54, 1.807) is 32.4 Å². The predicted molar refractivity (Wildman–Crippen MR) is 86.7 cm³/mol. The Morgan fingerprint density at radius 2 is 1.91 bits per heavy atom. The average molecular weight is 306 g/mol. The number of nitrogens with one attached hydrogen (secondary N) is 2. The van der Waals surface area contributed by atoms with Gasteiger partial charge in [0.1, 0.15) is 11.5 Å². The SMILES string of the molecule is COc1cc(OC)cc(C(=O)NCC2NCCCC2(C)C)c1. The molecule has 2 rings (SSSR count). The average Bonchev–Trinajstić information content (AvgIpc) is 2.52. The van der Waals surface area contributed by atoms with Crippen molar-refractivity contribution in [3.63, 3.8) is 0 Å². The van der Waals surface area contributed by atoms with Crippen molar-refractivity contribution in [2.45, 2.75) is 32.7 Å². The third-order valence-electron chi connectivity index (χ3n) is 4.41. The molecule has 2 N–H and O–H groups in total. The van der Waals surface area contributed by atoms with Gasteiger partial charge >= 0.3 is 0 Å². The number of ether oxygens (including phenoxy) is 2. The van der Waals surface area contributed by atoms with Crippen LogP contribution < -0.4 is 20.1 Å². The Morgan fingerprint density at radius 3 is 2.45 bits per heavy atom. The molecule has 122 valence electrons. The first kappa shape index (κ1) is 16.6. The summed E-state index contributed by atoms with van der Waals surface area (Å²) in [5.74, 6) is 1.11. The lowest BCUT2D eigenvalue weighted by molar-refractivity contribution is 0.0928. The largest absolute Gasteiger partial charge is 0.497 e. The highest BCUT2D eigenvalue weighted by Gasteiger charge is 2.32. The van der Waals surface area contributed by atoms with Crippen molar-refractivity contribution in [3.8, 4) is 11.5 Å². The second kappa shape index (κ2) is 7.01. The maximum absolute atomic E-state index is 12.4. The zero-order valence-electron chi connectivity index (χ0n) is 13.9. The van der Waals surface area contributed by atoms with Crippen molar-refractivity contribution < 1.29 is 14.3 Å². The molecule has 0 aromatic heterocycles. The van der Waals surface area contributed by atoms with Crippen LogP contribution in [-0.4, -0.2) is 39.3 Å². The minimum Gasteiger partial charge on any atom is -0.497 e. The molecule has 1 fully saturated rings. The van der Waals surface area contributed by atoms with E-state index in [4.69, 9.17) is 9.47 Å². The van der Waals surface area contributed by atoms with Crippen molar-refractivity contribution in [1.82, 2.24) is 10.6 Å². The number of carbonyl (C=O) groups excluding carboxylic acids is 1. The lowest BCUT2D eigenvalue weighted by Crippen LogP contribution is -2.52. The van der Waals surface area contributed by atoms with Crippen molar-refractivity contribution in [2.24, 2.45) is 5.41 Å². The molecule has 1 heterocycles. The van der Waals surface area contributed by atoms with Crippen LogP contribution in [0.25, 0.3) is 0 Å². The Morgan fingerprint density at radius 1 is 1.27 bits per heavy atom. The van der Waals surface area contributed by atoms with E-state index in [-0.39, 0.29) is 17.4 Å². The number of benzene rings is 1. The maximum atomic E-state index is 12.4. The van der Waals surface area contributed by atoms with E-state index in [2.05, 4.69) is 24.5 Å². The van der Waals surface area contributed by atoms with Gasteiger partial charge in [0, 0.05) is 24.2 Å². The maximum Gasteiger partial charge on any atom is 0.251 e. The summed E-state index contributed by atoms with van der Waals surface area (Å²) in [7, 11) is 3.15. The normalized spacial score (nSPS) is 20.3. The third-order valence-corrected chi connectivity index (χ3v) is 4.41. The first-order valence-electron chi connectivity index (χ1n) is 7.71. The molecule has 1 unspecified atom stereocenters. The van der Waals surface area contributed by atoms with Crippen molar-refractivity contribution >= 4 is 5.91 Å². The standard InChI is InChI=1S/C17H26N2O3/c1-17(2)6-5-7-18-15(17)11-19-16(20)12-8-13(21-3)10-14(9-12)22-4/h8-10,15,18H,5-7,11H2,1-4H3,(H,19,20). The summed E-state index contributed by atoms with van der Waals surface area (Å²) in [5.41, 5.74) is 0.738. The van der Waals surface area contributed by atoms with Crippen molar-refractivity contribution in [3.05, 3.63) is 23.8 Å². The van der Waals surface area contributed by atoms with E-state index in [0.717, 1.165) is 6.54 Å². The molecular formula is C17H26N2O3. The smallest absolute Gasteiger partial charge is 0.251 e. The fraction of sp³-hybridized carbons (Fsp3) is 0.588.